The van der Waals surface area contributed by atoms with Crippen LogP contribution in [-0.2, 0) is 4.74 Å². The number of hydrogen-bond donors (Lipinski definition) is 1. The summed E-state index contributed by atoms with van der Waals surface area (Å²) in [5.41, 5.74) is 0.663. The minimum Gasteiger partial charge on any atom is -0.462 e. The van der Waals surface area contributed by atoms with Crippen molar-refractivity contribution in [2.45, 2.75) is 13.3 Å². The smallest absolute Gasteiger partial charge is 0.338 e. The van der Waals surface area contributed by atoms with E-state index in [4.69, 9.17) is 16.3 Å². The molecule has 0 heterocycles. The van der Waals surface area contributed by atoms with Gasteiger partial charge in [0.2, 0.25) is 0 Å². The Morgan fingerprint density at radius 3 is 2.52 bits per heavy atom. The van der Waals surface area contributed by atoms with Gasteiger partial charge in [-0.15, -0.1) is 0 Å². The van der Waals surface area contributed by atoms with E-state index < -0.39 is 17.7 Å². The normalized spacial score (nSPS) is 10.2. The number of nitrogens with one attached hydrogen (secondary N) is 1. The van der Waals surface area contributed by atoms with Crippen molar-refractivity contribution < 1.29 is 18.7 Å². The molecule has 6 heteroatoms. The third-order valence-electron chi connectivity index (χ3n) is 2.99. The Morgan fingerprint density at radius 1 is 1.17 bits per heavy atom. The molecule has 0 saturated carbocycles. The number of amides is 1. The van der Waals surface area contributed by atoms with Crippen LogP contribution in [0.2, 0.25) is 5.02 Å². The number of carbonyl (C=O) groups excluding carboxylic acids is 2. The molecule has 0 unspecified atom stereocenters. The molecule has 0 saturated heterocycles. The Hall–Kier alpha value is -2.40. The highest BCUT2D eigenvalue weighted by Gasteiger charge is 2.13. The van der Waals surface area contributed by atoms with Gasteiger partial charge >= 0.3 is 5.97 Å². The highest BCUT2D eigenvalue weighted by Crippen LogP contribution is 2.17. The van der Waals surface area contributed by atoms with Crippen LogP contribution >= 0.6 is 11.6 Å². The number of benzene rings is 2. The lowest BCUT2D eigenvalue weighted by Gasteiger charge is -2.08. The van der Waals surface area contributed by atoms with Crippen LogP contribution in [-0.4, -0.2) is 18.5 Å². The monoisotopic (exact) mass is 335 g/mol. The maximum absolute atomic E-state index is 13.6. The fourth-order valence-corrected chi connectivity index (χ4v) is 2.01. The second kappa shape index (κ2) is 7.74. The van der Waals surface area contributed by atoms with Gasteiger partial charge < -0.3 is 10.1 Å². The lowest BCUT2D eigenvalue weighted by atomic mass is 10.1. The van der Waals surface area contributed by atoms with Gasteiger partial charge in [-0.25, -0.2) is 9.18 Å². The van der Waals surface area contributed by atoms with Crippen molar-refractivity contribution in [3.63, 3.8) is 0 Å². The van der Waals surface area contributed by atoms with Crippen molar-refractivity contribution in [1.82, 2.24) is 0 Å². The number of ether oxygens (including phenoxy) is 1. The van der Waals surface area contributed by atoms with Crippen LogP contribution in [0.4, 0.5) is 10.1 Å². The largest absolute Gasteiger partial charge is 0.462 e. The number of anilines is 1. The molecule has 23 heavy (non-hydrogen) atoms. The van der Waals surface area contributed by atoms with Crippen molar-refractivity contribution >= 4 is 29.2 Å². The molecule has 0 bridgehead atoms. The summed E-state index contributed by atoms with van der Waals surface area (Å²) in [6.07, 6.45) is 0.741. The first kappa shape index (κ1) is 17.0. The quantitative estimate of drug-likeness (QED) is 0.829. The first-order chi connectivity index (χ1) is 11.0. The highest BCUT2D eigenvalue weighted by molar-refractivity contribution is 6.31. The fourth-order valence-electron chi connectivity index (χ4n) is 1.84. The van der Waals surface area contributed by atoms with Gasteiger partial charge in [0.25, 0.3) is 5.91 Å². The van der Waals surface area contributed by atoms with Crippen LogP contribution in [0.1, 0.15) is 34.1 Å². The topological polar surface area (TPSA) is 55.4 Å². The van der Waals surface area contributed by atoms with E-state index >= 15 is 0 Å². The molecule has 0 aliphatic heterocycles. The molecule has 120 valence electrons. The van der Waals surface area contributed by atoms with Crippen LogP contribution in [0.3, 0.4) is 0 Å². The molecule has 0 radical (unpaired) electrons. The number of rotatable bonds is 5. The number of esters is 1. The minimum absolute atomic E-state index is 0.149. The molecule has 0 spiro atoms. The van der Waals surface area contributed by atoms with E-state index in [2.05, 4.69) is 5.32 Å². The summed E-state index contributed by atoms with van der Waals surface area (Å²) >= 11 is 5.76. The predicted octanol–water partition coefficient (Wildman–Crippen LogP) is 4.30. The van der Waals surface area contributed by atoms with E-state index in [9.17, 15) is 14.0 Å². The maximum atomic E-state index is 13.6. The Balaban J connectivity index is 2.07. The summed E-state index contributed by atoms with van der Waals surface area (Å²) in [7, 11) is 0. The summed E-state index contributed by atoms with van der Waals surface area (Å²) in [6, 6.07) is 9.90. The van der Waals surface area contributed by atoms with E-state index in [1.807, 2.05) is 6.92 Å². The van der Waals surface area contributed by atoms with E-state index in [0.717, 1.165) is 12.5 Å². The van der Waals surface area contributed by atoms with Crippen molar-refractivity contribution in [3.8, 4) is 0 Å². The minimum atomic E-state index is -0.660. The molecular formula is C17H15ClFNO3. The van der Waals surface area contributed by atoms with Crippen LogP contribution in [0.25, 0.3) is 0 Å². The van der Waals surface area contributed by atoms with Gasteiger partial charge in [-0.2, -0.15) is 0 Å². The molecule has 0 fully saturated rings. The van der Waals surface area contributed by atoms with E-state index in [1.165, 1.54) is 24.3 Å². The summed E-state index contributed by atoms with van der Waals surface area (Å²) in [5.74, 6) is -1.71. The van der Waals surface area contributed by atoms with E-state index in [-0.39, 0.29) is 10.6 Å². The van der Waals surface area contributed by atoms with Crippen molar-refractivity contribution in [2.24, 2.45) is 0 Å². The molecule has 2 aromatic rings. The Kier molecular flexibility index (Phi) is 5.71. The number of halogens is 2. The molecule has 2 rings (SSSR count). The first-order valence-electron chi connectivity index (χ1n) is 7.05. The first-order valence-corrected chi connectivity index (χ1v) is 7.42. The zero-order valence-corrected chi connectivity index (χ0v) is 13.2. The third-order valence-corrected chi connectivity index (χ3v) is 3.22. The number of hydrogen-bond acceptors (Lipinski definition) is 3. The molecular weight excluding hydrogens is 321 g/mol. The molecule has 2 aromatic carbocycles. The number of carbonyl (C=O) groups is 2. The van der Waals surface area contributed by atoms with Crippen LogP contribution in [0, 0.1) is 5.82 Å². The Bertz CT molecular complexity index is 716. The summed E-state index contributed by atoms with van der Waals surface area (Å²) in [6.45, 7) is 2.26. The Labute approximate surface area is 138 Å². The predicted molar refractivity (Wildman–Crippen MR) is 86.4 cm³/mol. The highest BCUT2D eigenvalue weighted by atomic mass is 35.5. The van der Waals surface area contributed by atoms with Gasteiger partial charge in [0.1, 0.15) is 5.82 Å². The average Bonchev–Trinajstić information content (AvgIpc) is 2.55. The lowest BCUT2D eigenvalue weighted by Crippen LogP contribution is -2.14. The van der Waals surface area contributed by atoms with Crippen LogP contribution in [0.15, 0.2) is 42.5 Å². The van der Waals surface area contributed by atoms with Crippen LogP contribution < -0.4 is 5.32 Å². The van der Waals surface area contributed by atoms with E-state index in [1.54, 1.807) is 12.1 Å². The molecule has 0 aliphatic carbocycles. The maximum Gasteiger partial charge on any atom is 0.338 e. The zero-order valence-electron chi connectivity index (χ0n) is 12.4. The van der Waals surface area contributed by atoms with Gasteiger partial charge in [-0.05, 0) is 48.9 Å². The summed E-state index contributed by atoms with van der Waals surface area (Å²) in [4.78, 5) is 23.7. The SMILES string of the molecule is CCCOC(=O)c1ccc(NC(=O)c2cc(Cl)ccc2F)cc1. The third kappa shape index (κ3) is 4.53. The molecule has 1 amide bonds. The standard InChI is InChI=1S/C17H15ClFNO3/c1-2-9-23-17(22)11-3-6-13(7-4-11)20-16(21)14-10-12(18)5-8-15(14)19/h3-8,10H,2,9H2,1H3,(H,20,21). The van der Waals surface area contributed by atoms with Gasteiger partial charge in [-0.3, -0.25) is 4.79 Å². The molecule has 0 aromatic heterocycles. The molecule has 1 N–H and O–H groups in total. The van der Waals surface area contributed by atoms with Crippen LogP contribution in [0.5, 0.6) is 0 Å². The second-order valence-corrected chi connectivity index (χ2v) is 5.23. The van der Waals surface area contributed by atoms with Gasteiger partial charge in [-0.1, -0.05) is 18.5 Å². The molecule has 0 atom stereocenters. The van der Waals surface area contributed by atoms with Gasteiger partial charge in [0, 0.05) is 10.7 Å². The van der Waals surface area contributed by atoms with E-state index in [0.29, 0.717) is 17.9 Å². The Morgan fingerprint density at radius 2 is 1.87 bits per heavy atom. The van der Waals surface area contributed by atoms with Crippen molar-refractivity contribution in [2.75, 3.05) is 11.9 Å². The van der Waals surface area contributed by atoms with Crippen molar-refractivity contribution in [1.29, 1.82) is 0 Å². The summed E-state index contributed by atoms with van der Waals surface area (Å²) < 4.78 is 18.6. The van der Waals surface area contributed by atoms with Gasteiger partial charge in [0.05, 0.1) is 17.7 Å². The van der Waals surface area contributed by atoms with Gasteiger partial charge in [0.15, 0.2) is 0 Å². The summed E-state index contributed by atoms with van der Waals surface area (Å²) in [5, 5.41) is 2.81. The average molecular weight is 336 g/mol. The fraction of sp³-hybridized carbons (Fsp3) is 0.176. The molecule has 0 aliphatic rings. The van der Waals surface area contributed by atoms with Crippen molar-refractivity contribution in [3.05, 3.63) is 64.4 Å². The molecule has 4 nitrogen and oxygen atoms in total. The zero-order chi connectivity index (χ0) is 16.8. The lowest BCUT2D eigenvalue weighted by molar-refractivity contribution is 0.0505. The second-order valence-electron chi connectivity index (χ2n) is 4.79.